The zero-order valence-electron chi connectivity index (χ0n) is 15.9. The highest BCUT2D eigenvalue weighted by molar-refractivity contribution is 5.92. The number of rotatable bonds is 5. The molecule has 1 unspecified atom stereocenters. The molecular formula is C21H19F3N4O2. The molecule has 0 bridgehead atoms. The number of nitrogens with zero attached hydrogens (tertiary/aromatic N) is 3. The van der Waals surface area contributed by atoms with Crippen molar-refractivity contribution in [1.82, 2.24) is 20.1 Å². The van der Waals surface area contributed by atoms with E-state index >= 15 is 0 Å². The van der Waals surface area contributed by atoms with E-state index in [4.69, 9.17) is 4.74 Å². The van der Waals surface area contributed by atoms with E-state index in [0.29, 0.717) is 19.3 Å². The van der Waals surface area contributed by atoms with Gasteiger partial charge in [0.15, 0.2) is 0 Å². The second kappa shape index (κ2) is 8.27. The van der Waals surface area contributed by atoms with Crippen LogP contribution in [0.2, 0.25) is 0 Å². The Kier molecular flexibility index (Phi) is 5.54. The van der Waals surface area contributed by atoms with Gasteiger partial charge in [0.05, 0.1) is 24.4 Å². The van der Waals surface area contributed by atoms with Crippen LogP contribution in [0, 0.1) is 0 Å². The topological polar surface area (TPSA) is 69.0 Å². The fourth-order valence-corrected chi connectivity index (χ4v) is 3.31. The fourth-order valence-electron chi connectivity index (χ4n) is 3.31. The molecule has 4 rings (SSSR count). The van der Waals surface area contributed by atoms with Gasteiger partial charge < -0.3 is 10.1 Å². The number of fused-ring (bicyclic) bond motifs is 1. The van der Waals surface area contributed by atoms with E-state index in [-0.39, 0.29) is 12.2 Å². The molecule has 3 heterocycles. The van der Waals surface area contributed by atoms with Crippen LogP contribution in [0.25, 0.3) is 0 Å². The Morgan fingerprint density at radius 2 is 2.00 bits per heavy atom. The molecule has 1 aliphatic rings. The largest absolute Gasteiger partial charge is 0.417 e. The molecule has 0 radical (unpaired) electrons. The molecule has 1 N–H and O–H groups in total. The molecule has 3 aromatic rings. The lowest BCUT2D eigenvalue weighted by molar-refractivity contribution is -0.137. The van der Waals surface area contributed by atoms with E-state index in [1.807, 2.05) is 41.2 Å². The van der Waals surface area contributed by atoms with Gasteiger partial charge in [-0.2, -0.15) is 18.3 Å². The number of nitrogens with one attached hydrogen (secondary N) is 1. The van der Waals surface area contributed by atoms with Gasteiger partial charge in [-0.1, -0.05) is 30.3 Å². The number of hydrogen-bond acceptors (Lipinski definition) is 4. The Morgan fingerprint density at radius 1 is 1.20 bits per heavy atom. The smallest absolute Gasteiger partial charge is 0.370 e. The highest BCUT2D eigenvalue weighted by atomic mass is 19.4. The van der Waals surface area contributed by atoms with Gasteiger partial charge in [0, 0.05) is 18.9 Å². The maximum atomic E-state index is 12.6. The lowest BCUT2D eigenvalue weighted by Gasteiger charge is -2.22. The molecule has 1 atom stereocenters. The number of benzene rings is 1. The zero-order valence-corrected chi connectivity index (χ0v) is 15.9. The summed E-state index contributed by atoms with van der Waals surface area (Å²) >= 11 is 0. The van der Waals surface area contributed by atoms with Crippen molar-refractivity contribution in [3.05, 3.63) is 82.9 Å². The SMILES string of the molecule is O=C(NCC1OCCc2cn(Cc3ccccc3)nc21)c1ccc(C(F)(F)F)cn1. The maximum Gasteiger partial charge on any atom is 0.417 e. The maximum absolute atomic E-state index is 12.6. The average molecular weight is 416 g/mol. The van der Waals surface area contributed by atoms with Crippen LogP contribution in [0.3, 0.4) is 0 Å². The molecule has 30 heavy (non-hydrogen) atoms. The van der Waals surface area contributed by atoms with E-state index in [1.54, 1.807) is 0 Å². The van der Waals surface area contributed by atoms with Crippen molar-refractivity contribution in [3.8, 4) is 0 Å². The first-order valence-electron chi connectivity index (χ1n) is 9.43. The van der Waals surface area contributed by atoms with E-state index in [0.717, 1.165) is 35.4 Å². The molecule has 6 nitrogen and oxygen atoms in total. The summed E-state index contributed by atoms with van der Waals surface area (Å²) < 4.78 is 45.5. The van der Waals surface area contributed by atoms with Crippen LogP contribution < -0.4 is 5.32 Å². The first-order valence-corrected chi connectivity index (χ1v) is 9.43. The van der Waals surface area contributed by atoms with Gasteiger partial charge in [-0.15, -0.1) is 0 Å². The van der Waals surface area contributed by atoms with Gasteiger partial charge in [0.25, 0.3) is 5.91 Å². The number of carbonyl (C=O) groups excluding carboxylic acids is 1. The van der Waals surface area contributed by atoms with Gasteiger partial charge in [-0.3, -0.25) is 14.5 Å². The van der Waals surface area contributed by atoms with Crippen LogP contribution in [0.1, 0.15) is 39.0 Å². The van der Waals surface area contributed by atoms with Gasteiger partial charge in [0.1, 0.15) is 11.8 Å². The molecule has 0 fully saturated rings. The van der Waals surface area contributed by atoms with E-state index in [9.17, 15) is 18.0 Å². The van der Waals surface area contributed by atoms with Crippen molar-refractivity contribution in [2.75, 3.05) is 13.2 Å². The third-order valence-corrected chi connectivity index (χ3v) is 4.82. The number of pyridine rings is 1. The Morgan fingerprint density at radius 3 is 2.70 bits per heavy atom. The van der Waals surface area contributed by atoms with E-state index in [2.05, 4.69) is 15.4 Å². The molecule has 9 heteroatoms. The molecular weight excluding hydrogens is 397 g/mol. The number of hydrogen-bond donors (Lipinski definition) is 1. The summed E-state index contributed by atoms with van der Waals surface area (Å²) in [5, 5.41) is 7.29. The van der Waals surface area contributed by atoms with Crippen LogP contribution in [-0.4, -0.2) is 33.8 Å². The predicted octanol–water partition coefficient (Wildman–Crippen LogP) is 3.39. The number of ether oxygens (including phenoxy) is 1. The molecule has 2 aromatic heterocycles. The number of halogens is 3. The summed E-state index contributed by atoms with van der Waals surface area (Å²) in [6, 6.07) is 11.8. The lowest BCUT2D eigenvalue weighted by Crippen LogP contribution is -2.32. The fraction of sp³-hybridized carbons (Fsp3) is 0.286. The Hall–Kier alpha value is -3.20. The monoisotopic (exact) mass is 416 g/mol. The van der Waals surface area contributed by atoms with Crippen molar-refractivity contribution in [2.45, 2.75) is 25.2 Å². The molecule has 0 spiro atoms. The van der Waals surface area contributed by atoms with E-state index < -0.39 is 23.8 Å². The molecule has 1 aromatic carbocycles. The van der Waals surface area contributed by atoms with Crippen LogP contribution in [0.4, 0.5) is 13.2 Å². The molecule has 156 valence electrons. The van der Waals surface area contributed by atoms with Gasteiger partial charge in [-0.25, -0.2) is 0 Å². The number of alkyl halides is 3. The van der Waals surface area contributed by atoms with Crippen molar-refractivity contribution in [1.29, 1.82) is 0 Å². The normalized spacial score (nSPS) is 16.2. The zero-order chi connectivity index (χ0) is 21.1. The van der Waals surface area contributed by atoms with Crippen molar-refractivity contribution >= 4 is 5.91 Å². The molecule has 0 aliphatic carbocycles. The number of carbonyl (C=O) groups is 1. The summed E-state index contributed by atoms with van der Waals surface area (Å²) in [7, 11) is 0. The second-order valence-electron chi connectivity index (χ2n) is 6.97. The molecule has 1 amide bonds. The van der Waals surface area contributed by atoms with Crippen molar-refractivity contribution in [2.24, 2.45) is 0 Å². The summed E-state index contributed by atoms with van der Waals surface area (Å²) in [6.45, 7) is 1.28. The predicted molar refractivity (Wildman–Crippen MR) is 102 cm³/mol. The van der Waals surface area contributed by atoms with Gasteiger partial charge >= 0.3 is 6.18 Å². The third kappa shape index (κ3) is 4.51. The van der Waals surface area contributed by atoms with Gasteiger partial charge in [-0.05, 0) is 29.7 Å². The van der Waals surface area contributed by atoms with Gasteiger partial charge in [0.2, 0.25) is 0 Å². The first kappa shape index (κ1) is 20.1. The number of amides is 1. The summed E-state index contributed by atoms with van der Waals surface area (Å²) in [4.78, 5) is 15.9. The summed E-state index contributed by atoms with van der Waals surface area (Å²) in [5.74, 6) is -0.567. The number of aromatic nitrogens is 3. The van der Waals surface area contributed by atoms with Crippen molar-refractivity contribution < 1.29 is 22.7 Å². The standard InChI is InChI=1S/C21H19F3N4O2/c22-21(23,24)16-6-7-17(25-10-16)20(29)26-11-18-19-15(8-9-30-18)13-28(27-19)12-14-4-2-1-3-5-14/h1-7,10,13,18H,8-9,11-12H2,(H,26,29). The Balaban J connectivity index is 1.41. The summed E-state index contributed by atoms with van der Waals surface area (Å²) in [5.41, 5.74) is 1.95. The van der Waals surface area contributed by atoms with E-state index in [1.165, 1.54) is 0 Å². The van der Waals surface area contributed by atoms with Crippen LogP contribution in [0.5, 0.6) is 0 Å². The minimum Gasteiger partial charge on any atom is -0.370 e. The van der Waals surface area contributed by atoms with Crippen LogP contribution in [-0.2, 0) is 23.9 Å². The first-order chi connectivity index (χ1) is 14.4. The Bertz CT molecular complexity index is 1020. The third-order valence-electron chi connectivity index (χ3n) is 4.82. The summed E-state index contributed by atoms with van der Waals surface area (Å²) in [6.07, 6.45) is -1.56. The molecule has 0 saturated carbocycles. The Labute approximate surface area is 170 Å². The minimum absolute atomic E-state index is 0.0892. The second-order valence-corrected chi connectivity index (χ2v) is 6.97. The minimum atomic E-state index is -4.49. The molecule has 0 saturated heterocycles. The highest BCUT2D eigenvalue weighted by Gasteiger charge is 2.31. The lowest BCUT2D eigenvalue weighted by atomic mass is 10.1. The highest BCUT2D eigenvalue weighted by Crippen LogP contribution is 2.28. The molecule has 1 aliphatic heterocycles. The van der Waals surface area contributed by atoms with Crippen molar-refractivity contribution in [3.63, 3.8) is 0 Å². The quantitative estimate of drug-likeness (QED) is 0.692. The average Bonchev–Trinajstić information content (AvgIpc) is 3.15. The van der Waals surface area contributed by atoms with Crippen LogP contribution >= 0.6 is 0 Å². The van der Waals surface area contributed by atoms with Crippen LogP contribution in [0.15, 0.2) is 54.9 Å².